The van der Waals surface area contributed by atoms with E-state index in [0.717, 1.165) is 27.8 Å². The Morgan fingerprint density at radius 3 is 2.61 bits per heavy atom. The normalized spacial score (nSPS) is 15.6. The van der Waals surface area contributed by atoms with E-state index in [2.05, 4.69) is 10.1 Å². The summed E-state index contributed by atoms with van der Waals surface area (Å²) in [5, 5.41) is 4.09. The van der Waals surface area contributed by atoms with Crippen LogP contribution in [0.15, 0.2) is 60.8 Å². The molecule has 3 heterocycles. The number of carbonyl (C=O) groups is 1. The number of para-hydroxylation sites is 1. The highest BCUT2D eigenvalue weighted by atomic mass is 19.3. The number of benzene rings is 2. The minimum atomic E-state index is -2.76. The maximum absolute atomic E-state index is 13.8. The van der Waals surface area contributed by atoms with Crippen molar-refractivity contribution in [3.8, 4) is 11.3 Å². The zero-order valence-electron chi connectivity index (χ0n) is 17.1. The van der Waals surface area contributed by atoms with Crippen LogP contribution < -0.4 is 4.90 Å². The lowest BCUT2D eigenvalue weighted by molar-refractivity contribution is 0.0982. The highest BCUT2D eigenvalue weighted by molar-refractivity contribution is 6.11. The Morgan fingerprint density at radius 2 is 1.87 bits per heavy atom. The van der Waals surface area contributed by atoms with Gasteiger partial charge in [-0.05, 0) is 38.0 Å². The number of nitrogens with zero attached hydrogens (tertiary/aromatic N) is 4. The van der Waals surface area contributed by atoms with Crippen LogP contribution in [0, 0.1) is 6.92 Å². The molecule has 1 atom stereocenters. The fourth-order valence-corrected chi connectivity index (χ4v) is 4.17. The van der Waals surface area contributed by atoms with Crippen LogP contribution >= 0.6 is 0 Å². The van der Waals surface area contributed by atoms with E-state index in [-0.39, 0.29) is 28.9 Å². The maximum Gasteiger partial charge on any atom is 0.280 e. The second-order valence-electron chi connectivity index (χ2n) is 7.88. The summed E-state index contributed by atoms with van der Waals surface area (Å²) >= 11 is 0. The van der Waals surface area contributed by atoms with Crippen molar-refractivity contribution in [3.63, 3.8) is 0 Å². The maximum atomic E-state index is 13.8. The number of hydrogen-bond donors (Lipinski definition) is 0. The molecule has 0 aliphatic carbocycles. The number of halogens is 2. The Hall–Kier alpha value is -3.61. The van der Waals surface area contributed by atoms with Crippen LogP contribution in [-0.2, 0) is 6.42 Å². The Labute approximate surface area is 178 Å². The molecule has 0 fully saturated rings. The number of carbonyl (C=O) groups excluding carboxylic acids is 1. The molecule has 0 saturated carbocycles. The van der Waals surface area contributed by atoms with Gasteiger partial charge in [-0.2, -0.15) is 5.10 Å². The molecule has 0 bridgehead atoms. The minimum absolute atomic E-state index is 0.0466. The Balaban J connectivity index is 1.66. The Bertz CT molecular complexity index is 1300. The molecule has 0 unspecified atom stereocenters. The third-order valence-electron chi connectivity index (χ3n) is 5.73. The van der Waals surface area contributed by atoms with Crippen LogP contribution in [0.4, 0.5) is 14.5 Å². The molecule has 0 spiro atoms. The van der Waals surface area contributed by atoms with E-state index in [1.807, 2.05) is 62.4 Å². The zero-order valence-corrected chi connectivity index (χ0v) is 17.1. The average molecular weight is 418 g/mol. The van der Waals surface area contributed by atoms with Gasteiger partial charge in [-0.25, -0.2) is 18.3 Å². The molecule has 2 aromatic heterocycles. The lowest BCUT2D eigenvalue weighted by Gasteiger charge is -2.22. The molecular weight excluding hydrogens is 398 g/mol. The van der Waals surface area contributed by atoms with Crippen molar-refractivity contribution in [3.05, 3.63) is 83.2 Å². The first-order valence-corrected chi connectivity index (χ1v) is 10.1. The number of aryl methyl sites for hydroxylation is 1. The second-order valence-corrected chi connectivity index (χ2v) is 7.88. The zero-order chi connectivity index (χ0) is 21.7. The number of fused-ring (bicyclic) bond motifs is 2. The smallest absolute Gasteiger partial charge is 0.280 e. The summed E-state index contributed by atoms with van der Waals surface area (Å²) in [6.45, 7) is 3.92. The molecule has 0 saturated heterocycles. The molecule has 7 heteroatoms. The number of alkyl halides is 2. The summed E-state index contributed by atoms with van der Waals surface area (Å²) in [6.07, 6.45) is -0.682. The van der Waals surface area contributed by atoms with Crippen LogP contribution in [0.25, 0.3) is 16.9 Å². The Morgan fingerprint density at radius 1 is 1.13 bits per heavy atom. The van der Waals surface area contributed by atoms with Crippen LogP contribution in [0.1, 0.15) is 40.5 Å². The molecule has 1 amide bonds. The SMILES string of the molecule is Cc1ccc(-c2cc(C(F)F)n3ncc(C(=O)N4c5ccccc5C[C@H]4C)c3n2)cc1. The number of anilines is 1. The lowest BCUT2D eigenvalue weighted by atomic mass is 10.1. The predicted molar refractivity (Wildman–Crippen MR) is 115 cm³/mol. The van der Waals surface area contributed by atoms with Crippen LogP contribution in [-0.4, -0.2) is 26.5 Å². The van der Waals surface area contributed by atoms with Gasteiger partial charge < -0.3 is 4.90 Å². The standard InChI is InChI=1S/C24H20F2N4O/c1-14-7-9-16(10-8-14)19-12-21(22(25)26)30-23(28-19)18(13-27-30)24(31)29-15(2)11-17-5-3-4-6-20(17)29/h3-10,12-13,15,22H,11H2,1-2H3/t15-/m1/s1. The lowest BCUT2D eigenvalue weighted by Crippen LogP contribution is -2.35. The van der Waals surface area contributed by atoms with E-state index in [0.29, 0.717) is 11.3 Å². The van der Waals surface area contributed by atoms with E-state index >= 15 is 0 Å². The average Bonchev–Trinajstić information content (AvgIpc) is 3.33. The van der Waals surface area contributed by atoms with Crippen molar-refractivity contribution in [1.29, 1.82) is 0 Å². The molecule has 5 nitrogen and oxygen atoms in total. The molecule has 1 aliphatic heterocycles. The van der Waals surface area contributed by atoms with Crippen molar-refractivity contribution < 1.29 is 13.6 Å². The van der Waals surface area contributed by atoms with Crippen molar-refractivity contribution in [1.82, 2.24) is 14.6 Å². The molecular formula is C24H20F2N4O. The van der Waals surface area contributed by atoms with E-state index in [4.69, 9.17) is 0 Å². The second kappa shape index (κ2) is 7.27. The van der Waals surface area contributed by atoms with Gasteiger partial charge >= 0.3 is 0 Å². The first-order chi connectivity index (χ1) is 14.9. The fourth-order valence-electron chi connectivity index (χ4n) is 4.17. The van der Waals surface area contributed by atoms with Crippen LogP contribution in [0.3, 0.4) is 0 Å². The largest absolute Gasteiger partial charge is 0.305 e. The fraction of sp³-hybridized carbons (Fsp3) is 0.208. The predicted octanol–water partition coefficient (Wildman–Crippen LogP) is 5.23. The van der Waals surface area contributed by atoms with Crippen molar-refractivity contribution in [2.75, 3.05) is 4.90 Å². The number of aromatic nitrogens is 3. The summed E-state index contributed by atoms with van der Waals surface area (Å²) in [4.78, 5) is 19.8. The molecule has 4 aromatic rings. The molecule has 0 N–H and O–H groups in total. The molecule has 0 radical (unpaired) electrons. The van der Waals surface area contributed by atoms with Gasteiger partial charge in [-0.1, -0.05) is 48.0 Å². The van der Waals surface area contributed by atoms with Crippen LogP contribution in [0.2, 0.25) is 0 Å². The first kappa shape index (κ1) is 19.4. The van der Waals surface area contributed by atoms with Gasteiger partial charge in [0.25, 0.3) is 12.3 Å². The van der Waals surface area contributed by atoms with Gasteiger partial charge in [0.2, 0.25) is 0 Å². The molecule has 2 aromatic carbocycles. The highest BCUT2D eigenvalue weighted by Gasteiger charge is 2.33. The number of amides is 1. The third-order valence-corrected chi connectivity index (χ3v) is 5.73. The summed E-state index contributed by atoms with van der Waals surface area (Å²) in [5.74, 6) is -0.291. The van der Waals surface area contributed by atoms with Gasteiger partial charge in [0.1, 0.15) is 11.3 Å². The van der Waals surface area contributed by atoms with E-state index in [1.165, 1.54) is 12.3 Å². The monoisotopic (exact) mass is 418 g/mol. The summed E-state index contributed by atoms with van der Waals surface area (Å²) in [5.41, 5.74) is 4.11. The van der Waals surface area contributed by atoms with Crippen molar-refractivity contribution in [2.24, 2.45) is 0 Å². The molecule has 156 valence electrons. The number of rotatable bonds is 3. The van der Waals surface area contributed by atoms with Crippen molar-refractivity contribution in [2.45, 2.75) is 32.7 Å². The quantitative estimate of drug-likeness (QED) is 0.458. The van der Waals surface area contributed by atoms with Crippen molar-refractivity contribution >= 4 is 17.2 Å². The minimum Gasteiger partial charge on any atom is -0.305 e. The van der Waals surface area contributed by atoms with E-state index in [1.54, 1.807) is 4.90 Å². The van der Waals surface area contributed by atoms with Gasteiger partial charge in [0.05, 0.1) is 11.9 Å². The van der Waals surface area contributed by atoms with Crippen LogP contribution in [0.5, 0.6) is 0 Å². The molecule has 1 aliphatic rings. The van der Waals surface area contributed by atoms with E-state index < -0.39 is 6.43 Å². The molecule has 5 rings (SSSR count). The summed E-state index contributed by atoms with van der Waals surface area (Å²) in [6, 6.07) is 16.5. The van der Waals surface area contributed by atoms with Gasteiger partial charge in [-0.15, -0.1) is 0 Å². The summed E-state index contributed by atoms with van der Waals surface area (Å²) in [7, 11) is 0. The van der Waals surface area contributed by atoms with Gasteiger partial charge in [0.15, 0.2) is 5.65 Å². The van der Waals surface area contributed by atoms with Gasteiger partial charge in [0, 0.05) is 17.3 Å². The van der Waals surface area contributed by atoms with Gasteiger partial charge in [-0.3, -0.25) is 4.79 Å². The number of hydrogen-bond acceptors (Lipinski definition) is 3. The topological polar surface area (TPSA) is 50.5 Å². The van der Waals surface area contributed by atoms with E-state index in [9.17, 15) is 13.6 Å². The third kappa shape index (κ3) is 3.17. The first-order valence-electron chi connectivity index (χ1n) is 10.1. The molecule has 31 heavy (non-hydrogen) atoms. The summed E-state index contributed by atoms with van der Waals surface area (Å²) < 4.78 is 28.8. The Kier molecular flexibility index (Phi) is 4.54. The highest BCUT2D eigenvalue weighted by Crippen LogP contribution is 2.34.